The van der Waals surface area contributed by atoms with Gasteiger partial charge in [0.1, 0.15) is 11.0 Å². The van der Waals surface area contributed by atoms with Crippen LogP contribution in [-0.4, -0.2) is 102 Å². The number of pyridine rings is 1. The maximum Gasteiger partial charge on any atom is 0.317 e. The number of carboxylic acids is 1. The molecule has 2 aliphatic heterocycles. The van der Waals surface area contributed by atoms with Crippen LogP contribution in [0.4, 0.5) is 17.3 Å². The van der Waals surface area contributed by atoms with Gasteiger partial charge in [-0.3, -0.25) is 19.4 Å². The van der Waals surface area contributed by atoms with Crippen molar-refractivity contribution in [3.8, 4) is 5.82 Å². The van der Waals surface area contributed by atoms with Crippen LogP contribution >= 0.6 is 0 Å². The Morgan fingerprint density at radius 1 is 1.04 bits per heavy atom. The number of allylic oxidation sites excluding steroid dienone is 1. The first kappa shape index (κ1) is 32.9. The fourth-order valence-corrected chi connectivity index (χ4v) is 7.70. The number of anilines is 3. The third-order valence-corrected chi connectivity index (χ3v) is 10.5. The Hall–Kier alpha value is -4.59. The SMILES string of the molecule is C=CCn1c(=O)c2cnc(Nc3ccc(N4CCN(C5CC6(CCN(CC(=O)O)CC6)C5)CC4)cc3)nc2n1-c1cccc(C(C)(C)O)n1. The van der Waals surface area contributed by atoms with Gasteiger partial charge in [0.15, 0.2) is 11.5 Å². The minimum Gasteiger partial charge on any atom is -0.480 e. The molecule has 258 valence electrons. The normalized spacial score (nSPS) is 18.9. The van der Waals surface area contributed by atoms with Crippen molar-refractivity contribution in [3.63, 3.8) is 0 Å². The van der Waals surface area contributed by atoms with Gasteiger partial charge >= 0.3 is 5.97 Å². The number of piperidine rings is 1. The van der Waals surface area contributed by atoms with Crippen LogP contribution in [0.5, 0.6) is 0 Å². The van der Waals surface area contributed by atoms with E-state index in [0.717, 1.165) is 57.8 Å². The van der Waals surface area contributed by atoms with Gasteiger partial charge in [-0.15, -0.1) is 6.58 Å². The number of hydrogen-bond acceptors (Lipinski definition) is 10. The molecule has 7 rings (SSSR count). The van der Waals surface area contributed by atoms with Crippen LogP contribution in [-0.2, 0) is 16.9 Å². The summed E-state index contributed by atoms with van der Waals surface area (Å²) in [7, 11) is 0. The van der Waals surface area contributed by atoms with Crippen LogP contribution in [0.3, 0.4) is 0 Å². The summed E-state index contributed by atoms with van der Waals surface area (Å²) < 4.78 is 3.16. The molecule has 0 atom stereocenters. The molecule has 0 bridgehead atoms. The molecule has 2 saturated heterocycles. The second kappa shape index (κ2) is 13.0. The number of rotatable bonds is 10. The van der Waals surface area contributed by atoms with E-state index in [-0.39, 0.29) is 18.6 Å². The molecule has 0 unspecified atom stereocenters. The average molecular weight is 668 g/mol. The lowest BCUT2D eigenvalue weighted by molar-refractivity contribution is -0.139. The molecule has 1 aromatic carbocycles. The highest BCUT2D eigenvalue weighted by atomic mass is 16.4. The summed E-state index contributed by atoms with van der Waals surface area (Å²) in [5.41, 5.74) is 1.89. The van der Waals surface area contributed by atoms with Crippen molar-refractivity contribution in [3.05, 3.63) is 77.4 Å². The van der Waals surface area contributed by atoms with Crippen LogP contribution in [0.25, 0.3) is 16.9 Å². The van der Waals surface area contributed by atoms with E-state index in [1.54, 1.807) is 42.8 Å². The minimum absolute atomic E-state index is 0.162. The van der Waals surface area contributed by atoms with E-state index in [0.29, 0.717) is 40.0 Å². The monoisotopic (exact) mass is 667 g/mol. The lowest BCUT2D eigenvalue weighted by Gasteiger charge is -2.56. The molecule has 5 heterocycles. The second-order valence-corrected chi connectivity index (χ2v) is 14.3. The lowest BCUT2D eigenvalue weighted by Crippen LogP contribution is -2.59. The topological polar surface area (TPSA) is 145 Å². The zero-order chi connectivity index (χ0) is 34.3. The number of carbonyl (C=O) groups is 1. The maximum atomic E-state index is 13.3. The molecule has 1 spiro atoms. The number of carboxylic acid groups (broad SMARTS) is 1. The Balaban J connectivity index is 0.994. The van der Waals surface area contributed by atoms with Crippen molar-refractivity contribution in [1.82, 2.24) is 34.1 Å². The highest BCUT2D eigenvalue weighted by Crippen LogP contribution is 2.51. The molecule has 13 nitrogen and oxygen atoms in total. The van der Waals surface area contributed by atoms with Crippen molar-refractivity contribution in [2.24, 2.45) is 5.41 Å². The Bertz CT molecular complexity index is 1890. The second-order valence-electron chi connectivity index (χ2n) is 14.3. The molecule has 3 aromatic heterocycles. The van der Waals surface area contributed by atoms with Gasteiger partial charge in [0.05, 0.1) is 18.8 Å². The molecule has 3 N–H and O–H groups in total. The van der Waals surface area contributed by atoms with E-state index in [4.69, 9.17) is 10.1 Å². The van der Waals surface area contributed by atoms with Crippen molar-refractivity contribution >= 4 is 34.3 Å². The third-order valence-electron chi connectivity index (χ3n) is 10.5. The lowest BCUT2D eigenvalue weighted by atomic mass is 9.60. The van der Waals surface area contributed by atoms with Crippen molar-refractivity contribution in [1.29, 1.82) is 0 Å². The van der Waals surface area contributed by atoms with Crippen molar-refractivity contribution in [2.75, 3.05) is 56.0 Å². The molecule has 3 aliphatic rings. The number of aliphatic carboxylic acids is 1. The van der Waals surface area contributed by atoms with E-state index < -0.39 is 11.6 Å². The molecular formula is C36H45N9O4. The zero-order valence-electron chi connectivity index (χ0n) is 28.3. The average Bonchev–Trinajstić information content (AvgIpc) is 3.34. The Morgan fingerprint density at radius 2 is 1.76 bits per heavy atom. The molecule has 1 aliphatic carbocycles. The fourth-order valence-electron chi connectivity index (χ4n) is 7.70. The van der Waals surface area contributed by atoms with Gasteiger partial charge in [0, 0.05) is 49.8 Å². The van der Waals surface area contributed by atoms with Crippen LogP contribution in [0.1, 0.15) is 45.2 Å². The highest BCUT2D eigenvalue weighted by molar-refractivity contribution is 5.77. The Labute approximate surface area is 285 Å². The summed E-state index contributed by atoms with van der Waals surface area (Å²) in [5, 5.41) is 23.3. The fraction of sp³-hybridized carbons (Fsp3) is 0.472. The van der Waals surface area contributed by atoms with Gasteiger partial charge in [-0.2, -0.15) is 4.98 Å². The summed E-state index contributed by atoms with van der Waals surface area (Å²) in [6.45, 7) is 13.4. The van der Waals surface area contributed by atoms with Crippen molar-refractivity contribution in [2.45, 2.75) is 57.7 Å². The molecule has 49 heavy (non-hydrogen) atoms. The summed E-state index contributed by atoms with van der Waals surface area (Å²) in [5.74, 6) is 0.0758. The zero-order valence-corrected chi connectivity index (χ0v) is 28.3. The number of nitrogens with zero attached hydrogens (tertiary/aromatic N) is 8. The Morgan fingerprint density at radius 3 is 2.41 bits per heavy atom. The van der Waals surface area contributed by atoms with Crippen LogP contribution in [0.2, 0.25) is 0 Å². The number of likely N-dealkylation sites (tertiary alicyclic amines) is 1. The molecule has 1 saturated carbocycles. The molecule has 13 heteroatoms. The first-order valence-electron chi connectivity index (χ1n) is 17.1. The van der Waals surface area contributed by atoms with Gasteiger partial charge in [-0.1, -0.05) is 12.1 Å². The van der Waals surface area contributed by atoms with Crippen LogP contribution in [0, 0.1) is 5.41 Å². The summed E-state index contributed by atoms with van der Waals surface area (Å²) >= 11 is 0. The number of hydrogen-bond donors (Lipinski definition) is 3. The van der Waals surface area contributed by atoms with Gasteiger partial charge in [-0.25, -0.2) is 19.3 Å². The quantitative estimate of drug-likeness (QED) is 0.214. The van der Waals surface area contributed by atoms with Crippen LogP contribution < -0.4 is 15.8 Å². The first-order valence-corrected chi connectivity index (χ1v) is 17.1. The number of piperazine rings is 1. The van der Waals surface area contributed by atoms with Gasteiger partial charge < -0.3 is 20.4 Å². The number of benzene rings is 1. The number of nitrogens with one attached hydrogen (secondary N) is 1. The van der Waals surface area contributed by atoms with Crippen LogP contribution in [0.15, 0.2) is 66.1 Å². The number of fused-ring (bicyclic) bond motifs is 1. The predicted octanol–water partition coefficient (Wildman–Crippen LogP) is 3.59. The third kappa shape index (κ3) is 6.70. The molecule has 0 radical (unpaired) electrons. The number of aromatic nitrogens is 5. The maximum absolute atomic E-state index is 13.3. The summed E-state index contributed by atoms with van der Waals surface area (Å²) in [4.78, 5) is 45.4. The van der Waals surface area contributed by atoms with E-state index in [2.05, 4.69) is 48.7 Å². The Kier molecular flexibility index (Phi) is 8.76. The van der Waals surface area contributed by atoms with Crippen molar-refractivity contribution < 1.29 is 15.0 Å². The molecule has 4 aromatic rings. The summed E-state index contributed by atoms with van der Waals surface area (Å²) in [6.07, 6.45) is 7.88. The molecular weight excluding hydrogens is 622 g/mol. The summed E-state index contributed by atoms with van der Waals surface area (Å²) in [6, 6.07) is 14.2. The highest BCUT2D eigenvalue weighted by Gasteiger charge is 2.48. The van der Waals surface area contributed by atoms with E-state index in [1.165, 1.54) is 29.4 Å². The van der Waals surface area contributed by atoms with Gasteiger partial charge in [0.25, 0.3) is 5.56 Å². The first-order chi connectivity index (χ1) is 23.5. The molecule has 0 amide bonds. The van der Waals surface area contributed by atoms with Gasteiger partial charge in [0.2, 0.25) is 5.95 Å². The minimum atomic E-state index is -1.16. The van der Waals surface area contributed by atoms with E-state index in [1.807, 2.05) is 12.1 Å². The van der Waals surface area contributed by atoms with E-state index >= 15 is 0 Å². The molecule has 3 fully saturated rings. The number of aliphatic hydroxyl groups is 1. The van der Waals surface area contributed by atoms with E-state index in [9.17, 15) is 14.7 Å². The smallest absolute Gasteiger partial charge is 0.317 e. The standard InChI is InChI=1S/C36H45N9O4/c1-4-14-44-33(48)28-23-37-34(40-32(28)45(44)30-7-5-6-29(39-30)35(2,3)49)38-25-8-10-26(11-9-25)42-17-19-43(20-18-42)27-21-36(22-27)12-15-41(16-13-36)24-31(46)47/h4-11,23,27,49H,1,12-22,24H2,2-3H3,(H,46,47)(H,37,38,40). The predicted molar refractivity (Wildman–Crippen MR) is 189 cm³/mol. The largest absolute Gasteiger partial charge is 0.480 e. The van der Waals surface area contributed by atoms with Gasteiger partial charge in [-0.05, 0) is 94.4 Å².